The van der Waals surface area contributed by atoms with Crippen LogP contribution in [0.25, 0.3) is 22.0 Å². The van der Waals surface area contributed by atoms with Gasteiger partial charge in [0, 0.05) is 0 Å². The summed E-state index contributed by atoms with van der Waals surface area (Å²) in [7, 11) is 0. The van der Waals surface area contributed by atoms with Crippen LogP contribution in [0.3, 0.4) is 0 Å². The topological polar surface area (TPSA) is 96.9 Å². The van der Waals surface area contributed by atoms with E-state index >= 15 is 4.39 Å². The van der Waals surface area contributed by atoms with Crippen LogP contribution in [0, 0.1) is 25.5 Å². The summed E-state index contributed by atoms with van der Waals surface area (Å²) in [5, 5.41) is 16.4. The van der Waals surface area contributed by atoms with Crippen LogP contribution in [-0.4, -0.2) is 35.9 Å². The summed E-state index contributed by atoms with van der Waals surface area (Å²) in [4.78, 5) is 29.6. The number of imide groups is 1. The maximum atomic E-state index is 15.4. The molecule has 10 heteroatoms. The molecule has 2 atom stereocenters. The number of nitrogens with zero attached hydrogens (tertiary/aromatic N) is 3. The molecule has 1 saturated carbocycles. The van der Waals surface area contributed by atoms with Gasteiger partial charge in [0.15, 0.2) is 0 Å². The fourth-order valence-corrected chi connectivity index (χ4v) is 14.5. The summed E-state index contributed by atoms with van der Waals surface area (Å²) in [6.45, 7) is 7.52. The molecule has 2 amide bonds. The Bertz CT molecular complexity index is 2290. The molecule has 2 saturated heterocycles. The van der Waals surface area contributed by atoms with Crippen LogP contribution in [-0.2, 0) is 19.4 Å². The quantitative estimate of drug-likeness (QED) is 0.0872. The predicted molar refractivity (Wildman–Crippen MR) is 218 cm³/mol. The first-order chi connectivity index (χ1) is 26.0. The number of amides is 2. The van der Waals surface area contributed by atoms with Crippen molar-refractivity contribution in [1.29, 1.82) is 0 Å². The standard InChI is InChI=1S/C44H46F2IN5O2/c1-25-6-5-7-33(41(25)46)26(2)49-42-36-22-39(48-24-37(36)27(3)51-52-42)30-10-13-38(45)31(20-30)23-47-18-15-29(16-19-47)34-12-11-32(21-35(34)28-8-9-28)44(4)17-14-40(53)50-43(44)54/h5-7,10-13,20-22,24,26,28-29H,8-9,14-19,23H2,1-4H3,(H,49,52)(H,50,53,54)/t26-,44-/m1/s1. The number of hydrogen-bond donors (Lipinski definition) is 2. The van der Waals surface area contributed by atoms with Gasteiger partial charge >= 0.3 is 295 Å². The van der Waals surface area contributed by atoms with Gasteiger partial charge in [-0.2, -0.15) is 0 Å². The van der Waals surface area contributed by atoms with E-state index in [0.29, 0.717) is 41.6 Å². The van der Waals surface area contributed by atoms with E-state index in [9.17, 15) is 14.0 Å². The molecule has 2 aliphatic heterocycles. The average Bonchev–Trinajstić information content (AvgIpc) is 4.02. The first kappa shape index (κ1) is 36.6. The van der Waals surface area contributed by atoms with E-state index in [1.54, 1.807) is 37.4 Å². The van der Waals surface area contributed by atoms with Crippen molar-refractivity contribution >= 4 is 48.2 Å². The van der Waals surface area contributed by atoms with Gasteiger partial charge in [0.1, 0.15) is 0 Å². The number of nitrogens with one attached hydrogen (secondary N) is 2. The normalized spacial score (nSPS) is 20.6. The number of carbonyl (C=O) groups is 2. The molecule has 0 spiro atoms. The monoisotopic (exact) mass is 841 g/mol. The summed E-state index contributed by atoms with van der Waals surface area (Å²) in [6, 6.07) is 19.0. The van der Waals surface area contributed by atoms with Gasteiger partial charge in [-0.25, -0.2) is 4.39 Å². The molecule has 2 aromatic heterocycles. The van der Waals surface area contributed by atoms with Crippen molar-refractivity contribution in [2.24, 2.45) is 0 Å². The Kier molecular flexibility index (Phi) is 10.00. The SMILES string of the molecule is Cc1cccc([C@@H](C)Nc2nnc(C)c3cnc(-c4ccc(F)c(CI5CCC(c6ccc([C@@]7(C)CCC(=O)NC7=O)cc6C6CC6)CC5)c4)cc23)c1F. The molecule has 54 heavy (non-hydrogen) atoms. The van der Waals surface area contributed by atoms with Crippen LogP contribution in [0.2, 0.25) is 0 Å². The van der Waals surface area contributed by atoms with Gasteiger partial charge in [-0.15, -0.1) is 0 Å². The summed E-state index contributed by atoms with van der Waals surface area (Å²) in [6.07, 6.45) is 7.30. The van der Waals surface area contributed by atoms with E-state index in [1.165, 1.54) is 32.8 Å². The van der Waals surface area contributed by atoms with Crippen LogP contribution >= 0.6 is 19.8 Å². The molecule has 0 unspecified atom stereocenters. The third-order valence-corrected chi connectivity index (χ3v) is 18.0. The second-order valence-corrected chi connectivity index (χ2v) is 21.7. The molecule has 3 aliphatic rings. The molecule has 280 valence electrons. The molecule has 2 N–H and O–H groups in total. The Morgan fingerprint density at radius 2 is 1.70 bits per heavy atom. The van der Waals surface area contributed by atoms with E-state index < -0.39 is 25.2 Å². The van der Waals surface area contributed by atoms with Gasteiger partial charge in [0.2, 0.25) is 0 Å². The number of pyridine rings is 1. The van der Waals surface area contributed by atoms with Gasteiger partial charge in [-0.3, -0.25) is 0 Å². The fraction of sp³-hybridized carbons (Fsp3) is 0.386. The summed E-state index contributed by atoms with van der Waals surface area (Å²) in [5.41, 5.74) is 7.39. The summed E-state index contributed by atoms with van der Waals surface area (Å²) >= 11 is -1.46. The van der Waals surface area contributed by atoms with Crippen LogP contribution in [0.1, 0.15) is 109 Å². The average molecular weight is 842 g/mol. The number of piperidine rings is 1. The second kappa shape index (κ2) is 14.7. The minimum atomic E-state index is -1.46. The van der Waals surface area contributed by atoms with Crippen molar-refractivity contribution in [2.45, 2.75) is 93.9 Å². The number of aromatic nitrogens is 3. The van der Waals surface area contributed by atoms with Gasteiger partial charge in [0.05, 0.1) is 0 Å². The molecule has 3 fully saturated rings. The Labute approximate surface area is 322 Å². The van der Waals surface area contributed by atoms with Gasteiger partial charge in [-0.05, 0) is 12.5 Å². The third kappa shape index (κ3) is 7.13. The zero-order chi connectivity index (χ0) is 37.7. The van der Waals surface area contributed by atoms with E-state index in [-0.39, 0.29) is 29.5 Å². The Morgan fingerprint density at radius 3 is 2.46 bits per heavy atom. The number of aryl methyl sites for hydroxylation is 2. The van der Waals surface area contributed by atoms with Gasteiger partial charge in [-0.1, -0.05) is 12.1 Å². The maximum absolute atomic E-state index is 15.4. The van der Waals surface area contributed by atoms with E-state index in [1.807, 2.05) is 39.0 Å². The van der Waals surface area contributed by atoms with E-state index in [0.717, 1.165) is 56.1 Å². The van der Waals surface area contributed by atoms with Crippen molar-refractivity contribution < 1.29 is 18.4 Å². The van der Waals surface area contributed by atoms with E-state index in [2.05, 4.69) is 39.0 Å². The zero-order valence-electron chi connectivity index (χ0n) is 31.2. The molecule has 8 rings (SSSR count). The third-order valence-electron chi connectivity index (χ3n) is 11.8. The van der Waals surface area contributed by atoms with E-state index in [4.69, 9.17) is 4.98 Å². The number of hydrogen-bond acceptors (Lipinski definition) is 6. The first-order valence-corrected chi connectivity index (χ1v) is 23.6. The predicted octanol–water partition coefficient (Wildman–Crippen LogP) is 9.92. The van der Waals surface area contributed by atoms with Crippen LogP contribution in [0.4, 0.5) is 14.6 Å². The van der Waals surface area contributed by atoms with Crippen molar-refractivity contribution in [1.82, 2.24) is 20.5 Å². The van der Waals surface area contributed by atoms with Crippen LogP contribution < -0.4 is 10.6 Å². The number of anilines is 1. The molecule has 5 aromatic rings. The van der Waals surface area contributed by atoms with Crippen LogP contribution in [0.15, 0.2) is 66.9 Å². The molecule has 0 radical (unpaired) electrons. The number of carbonyl (C=O) groups excluding carboxylic acids is 2. The van der Waals surface area contributed by atoms with Gasteiger partial charge in [0.25, 0.3) is 0 Å². The number of fused-ring (bicyclic) bond motifs is 1. The fourth-order valence-electron chi connectivity index (χ4n) is 8.14. The summed E-state index contributed by atoms with van der Waals surface area (Å²) in [5.74, 6) is 0.798. The second-order valence-electron chi connectivity index (χ2n) is 15.6. The molecule has 3 aromatic carbocycles. The molecular formula is C44H46F2IN5O2. The first-order valence-electron chi connectivity index (χ1n) is 19.0. The Hall–Kier alpha value is -4.32. The molecule has 0 bridgehead atoms. The molecule has 7 nitrogen and oxygen atoms in total. The number of alkyl halides is 3. The molecule has 1 aliphatic carbocycles. The smallest absolute Gasteiger partial charge is 0.206 e. The summed E-state index contributed by atoms with van der Waals surface area (Å²) < 4.78 is 33.6. The van der Waals surface area contributed by atoms with Crippen molar-refractivity contribution in [3.8, 4) is 11.3 Å². The van der Waals surface area contributed by atoms with Crippen molar-refractivity contribution in [2.75, 3.05) is 14.2 Å². The van der Waals surface area contributed by atoms with Crippen molar-refractivity contribution in [3.63, 3.8) is 0 Å². The number of rotatable bonds is 9. The number of benzene rings is 3. The molecular weight excluding hydrogens is 795 g/mol. The number of halogens is 3. The molecule has 4 heterocycles. The Morgan fingerprint density at radius 1 is 0.926 bits per heavy atom. The van der Waals surface area contributed by atoms with Crippen molar-refractivity contribution in [3.05, 3.63) is 118 Å². The zero-order valence-corrected chi connectivity index (χ0v) is 33.4. The van der Waals surface area contributed by atoms with Crippen LogP contribution in [0.5, 0.6) is 0 Å². The van der Waals surface area contributed by atoms with Gasteiger partial charge < -0.3 is 0 Å². The minimum absolute atomic E-state index is 0.161. The Balaban J connectivity index is 0.984. The minimum Gasteiger partial charge on any atom is -0.206 e.